The lowest BCUT2D eigenvalue weighted by atomic mass is 9.96. The van der Waals surface area contributed by atoms with Gasteiger partial charge in [-0.1, -0.05) is 0 Å². The minimum atomic E-state index is -4.71. The maximum atomic E-state index is 13.5. The molecule has 0 saturated heterocycles. The van der Waals surface area contributed by atoms with Gasteiger partial charge in [0.1, 0.15) is 6.10 Å². The lowest BCUT2D eigenvalue weighted by Crippen LogP contribution is -2.30. The Hall–Kier alpha value is -2.93. The van der Waals surface area contributed by atoms with Crippen molar-refractivity contribution in [3.05, 3.63) is 35.7 Å². The van der Waals surface area contributed by atoms with Crippen LogP contribution in [0, 0.1) is 6.92 Å². The van der Waals surface area contributed by atoms with Gasteiger partial charge >= 0.3 is 6.18 Å². The van der Waals surface area contributed by atoms with Crippen molar-refractivity contribution in [1.82, 2.24) is 24.3 Å². The summed E-state index contributed by atoms with van der Waals surface area (Å²) in [6.45, 7) is 5.13. The van der Waals surface area contributed by atoms with Crippen molar-refractivity contribution in [2.45, 2.75) is 63.3 Å². The first-order valence-electron chi connectivity index (χ1n) is 10.3. The number of hydrogen-bond acceptors (Lipinski definition) is 7. The summed E-state index contributed by atoms with van der Waals surface area (Å²) in [6.07, 6.45) is -1.85. The predicted octanol–water partition coefficient (Wildman–Crippen LogP) is 3.81. The zero-order valence-corrected chi connectivity index (χ0v) is 19.0. The highest BCUT2D eigenvalue weighted by atomic mass is 32.2. The van der Waals surface area contributed by atoms with Crippen molar-refractivity contribution in [2.75, 3.05) is 5.32 Å². The average Bonchev–Trinajstić information content (AvgIpc) is 3.07. The fraction of sp³-hybridized carbons (Fsp3) is 0.450. The van der Waals surface area contributed by atoms with Crippen molar-refractivity contribution in [3.8, 4) is 5.88 Å². The van der Waals surface area contributed by atoms with Crippen LogP contribution < -0.4 is 14.8 Å². The van der Waals surface area contributed by atoms with Gasteiger partial charge in [-0.3, -0.25) is 0 Å². The van der Waals surface area contributed by atoms with Crippen LogP contribution in [0.15, 0.2) is 29.3 Å². The minimum Gasteiger partial charge on any atom is -0.473 e. The molecule has 2 N–H and O–H groups in total. The highest BCUT2D eigenvalue weighted by Gasteiger charge is 2.39. The minimum absolute atomic E-state index is 0.0218. The number of ether oxygens (including phenoxy) is 1. The van der Waals surface area contributed by atoms with E-state index in [0.29, 0.717) is 24.1 Å². The number of nitrogens with zero attached hydrogens (tertiary/aromatic N) is 4. The molecule has 1 saturated carbocycles. The summed E-state index contributed by atoms with van der Waals surface area (Å²) in [6, 6.07) is 4.18. The molecule has 2 heterocycles. The van der Waals surface area contributed by atoms with E-state index in [-0.39, 0.29) is 28.6 Å². The van der Waals surface area contributed by atoms with Gasteiger partial charge in [-0.2, -0.15) is 22.7 Å². The second kappa shape index (κ2) is 8.45. The van der Waals surface area contributed by atoms with Crippen LogP contribution in [0.3, 0.4) is 0 Å². The van der Waals surface area contributed by atoms with Crippen LogP contribution >= 0.6 is 0 Å². The Bertz CT molecular complexity index is 1290. The van der Waals surface area contributed by atoms with E-state index in [1.54, 1.807) is 26.8 Å². The van der Waals surface area contributed by atoms with Gasteiger partial charge in [-0.25, -0.2) is 18.1 Å². The van der Waals surface area contributed by atoms with E-state index >= 15 is 0 Å². The highest BCUT2D eigenvalue weighted by molar-refractivity contribution is 7.89. The summed E-state index contributed by atoms with van der Waals surface area (Å²) < 4.78 is 74.3. The predicted molar refractivity (Wildman–Crippen MR) is 114 cm³/mol. The summed E-state index contributed by atoms with van der Waals surface area (Å²) in [5, 5.41) is 7.07. The van der Waals surface area contributed by atoms with Gasteiger partial charge in [-0.05, 0) is 63.8 Å². The Morgan fingerprint density at radius 2 is 1.97 bits per heavy atom. The number of rotatable bonds is 7. The zero-order valence-electron chi connectivity index (χ0n) is 18.1. The van der Waals surface area contributed by atoms with Crippen molar-refractivity contribution in [2.24, 2.45) is 0 Å². The van der Waals surface area contributed by atoms with Crippen LogP contribution in [0.2, 0.25) is 0 Å². The standard InChI is InChI=1S/C20H23F3N6O3S/c1-11(2)28-33(30,31)14-7-8-15(12(3)9-14)25-19-26-16-10-24-17(20(21,22)23)18(29(16)27-19)32-13-5-4-6-13/h7-11,13,28H,4-6H2,1-3H3,(H,25,27). The second-order valence-corrected chi connectivity index (χ2v) is 9.88. The number of nitrogens with one attached hydrogen (secondary N) is 2. The third-order valence-corrected chi connectivity index (χ3v) is 6.74. The maximum absolute atomic E-state index is 13.5. The average molecular weight is 485 g/mol. The Balaban J connectivity index is 1.66. The van der Waals surface area contributed by atoms with Crippen LogP contribution in [0.5, 0.6) is 5.88 Å². The van der Waals surface area contributed by atoms with E-state index in [2.05, 4.69) is 25.1 Å². The van der Waals surface area contributed by atoms with Gasteiger partial charge in [0.15, 0.2) is 5.65 Å². The third kappa shape index (κ3) is 4.88. The Labute approximate surface area is 188 Å². The highest BCUT2D eigenvalue weighted by Crippen LogP contribution is 2.37. The fourth-order valence-electron chi connectivity index (χ4n) is 3.28. The molecule has 0 radical (unpaired) electrons. The van der Waals surface area contributed by atoms with Crippen LogP contribution in [0.1, 0.15) is 44.4 Å². The molecule has 0 unspecified atom stereocenters. The van der Waals surface area contributed by atoms with Crippen LogP contribution in [-0.2, 0) is 16.2 Å². The Morgan fingerprint density at radius 3 is 2.55 bits per heavy atom. The molecule has 0 spiro atoms. The summed E-state index contributed by atoms with van der Waals surface area (Å²) in [5.41, 5.74) is -0.0000434. The second-order valence-electron chi connectivity index (χ2n) is 8.16. The van der Waals surface area contributed by atoms with E-state index in [4.69, 9.17) is 4.74 Å². The number of fused-ring (bicyclic) bond motifs is 1. The third-order valence-electron chi connectivity index (χ3n) is 5.08. The van der Waals surface area contributed by atoms with E-state index < -0.39 is 27.8 Å². The summed E-state index contributed by atoms with van der Waals surface area (Å²) in [4.78, 5) is 7.80. The first-order chi connectivity index (χ1) is 15.4. The molecule has 9 nitrogen and oxygen atoms in total. The molecular weight excluding hydrogens is 461 g/mol. The van der Waals surface area contributed by atoms with Crippen molar-refractivity contribution < 1.29 is 26.3 Å². The number of alkyl halides is 3. The number of halogens is 3. The van der Waals surface area contributed by atoms with E-state index in [1.165, 1.54) is 12.1 Å². The number of aromatic nitrogens is 4. The van der Waals surface area contributed by atoms with Crippen LogP contribution in [0.25, 0.3) is 5.65 Å². The molecule has 0 atom stereocenters. The molecule has 2 aromatic heterocycles. The molecule has 0 amide bonds. The molecular formula is C20H23F3N6O3S. The molecule has 33 heavy (non-hydrogen) atoms. The van der Waals surface area contributed by atoms with Crippen molar-refractivity contribution >= 4 is 27.3 Å². The van der Waals surface area contributed by atoms with E-state index in [0.717, 1.165) is 17.1 Å². The number of hydrogen-bond donors (Lipinski definition) is 2. The van der Waals surface area contributed by atoms with Gasteiger partial charge in [0.2, 0.25) is 27.5 Å². The normalized spacial score (nSPS) is 15.1. The van der Waals surface area contributed by atoms with E-state index in [9.17, 15) is 21.6 Å². The van der Waals surface area contributed by atoms with Gasteiger partial charge in [0, 0.05) is 11.7 Å². The van der Waals surface area contributed by atoms with Gasteiger partial charge in [0.05, 0.1) is 11.1 Å². The SMILES string of the molecule is Cc1cc(S(=O)(=O)NC(C)C)ccc1Nc1nc2cnc(C(F)(F)F)c(OC3CCC3)n2n1. The molecule has 1 aliphatic carbocycles. The molecule has 1 fully saturated rings. The van der Waals surface area contributed by atoms with Gasteiger partial charge in [0.25, 0.3) is 0 Å². The smallest absolute Gasteiger partial charge is 0.438 e. The molecule has 0 bridgehead atoms. The van der Waals surface area contributed by atoms with Crippen molar-refractivity contribution in [3.63, 3.8) is 0 Å². The molecule has 178 valence electrons. The fourth-order valence-corrected chi connectivity index (χ4v) is 4.61. The zero-order chi connectivity index (χ0) is 24.0. The largest absolute Gasteiger partial charge is 0.473 e. The van der Waals surface area contributed by atoms with Crippen LogP contribution in [-0.4, -0.2) is 40.1 Å². The first-order valence-corrected chi connectivity index (χ1v) is 11.8. The Kier molecular flexibility index (Phi) is 5.95. The molecule has 3 aromatic rings. The topological polar surface area (TPSA) is 111 Å². The summed E-state index contributed by atoms with van der Waals surface area (Å²) in [5.74, 6) is -0.475. The molecule has 13 heteroatoms. The van der Waals surface area contributed by atoms with Crippen LogP contribution in [0.4, 0.5) is 24.8 Å². The summed E-state index contributed by atoms with van der Waals surface area (Å²) in [7, 11) is -3.67. The maximum Gasteiger partial charge on any atom is 0.438 e. The quantitative estimate of drug-likeness (QED) is 0.525. The number of benzene rings is 1. The molecule has 0 aliphatic heterocycles. The van der Waals surface area contributed by atoms with E-state index in [1.807, 2.05) is 0 Å². The molecule has 1 aliphatic rings. The monoisotopic (exact) mass is 484 g/mol. The Morgan fingerprint density at radius 1 is 1.24 bits per heavy atom. The molecule has 1 aromatic carbocycles. The lowest BCUT2D eigenvalue weighted by molar-refractivity contribution is -0.143. The molecule has 4 rings (SSSR count). The lowest BCUT2D eigenvalue weighted by Gasteiger charge is -2.27. The van der Waals surface area contributed by atoms with Gasteiger partial charge in [-0.15, -0.1) is 5.10 Å². The summed E-state index contributed by atoms with van der Waals surface area (Å²) >= 11 is 0. The number of anilines is 2. The van der Waals surface area contributed by atoms with Crippen molar-refractivity contribution in [1.29, 1.82) is 0 Å². The number of aryl methyl sites for hydroxylation is 1. The first kappa shape index (κ1) is 23.2. The number of sulfonamides is 1. The van der Waals surface area contributed by atoms with Gasteiger partial charge < -0.3 is 10.1 Å².